The van der Waals surface area contributed by atoms with Crippen LogP contribution in [0.1, 0.15) is 40.5 Å². The zero-order chi connectivity index (χ0) is 13.8. The number of hydrogen-bond donors (Lipinski definition) is 1. The van der Waals surface area contributed by atoms with Crippen LogP contribution in [0.4, 0.5) is 4.79 Å². The summed E-state index contributed by atoms with van der Waals surface area (Å²) in [4.78, 5) is 26.1. The molecule has 0 fully saturated rings. The fourth-order valence-corrected chi connectivity index (χ4v) is 1.61. The van der Waals surface area contributed by atoms with Crippen LogP contribution in [0.5, 0.6) is 0 Å². The molecule has 17 heavy (non-hydrogen) atoms. The predicted molar refractivity (Wildman–Crippen MR) is 67.0 cm³/mol. The van der Waals surface area contributed by atoms with E-state index in [9.17, 15) is 9.59 Å². The molecular weight excluding hydrogens is 220 g/mol. The summed E-state index contributed by atoms with van der Waals surface area (Å²) in [7, 11) is 3.24. The molecule has 0 unspecified atom stereocenters. The third kappa shape index (κ3) is 3.35. The smallest absolute Gasteiger partial charge is 0.329 e. The highest BCUT2D eigenvalue weighted by atomic mass is 16.4. The highest BCUT2D eigenvalue weighted by molar-refractivity contribution is 5.85. The first kappa shape index (κ1) is 15.7. The second-order valence-electron chi connectivity index (χ2n) is 4.79. The molecule has 0 aromatic heterocycles. The summed E-state index contributed by atoms with van der Waals surface area (Å²) in [5.41, 5.74) is -1.20. The van der Waals surface area contributed by atoms with E-state index < -0.39 is 11.5 Å². The zero-order valence-electron chi connectivity index (χ0n) is 11.6. The number of rotatable bonds is 5. The maximum atomic E-state index is 12.1. The molecular formula is C12H24N2O3. The van der Waals surface area contributed by atoms with Crippen molar-refractivity contribution in [1.29, 1.82) is 0 Å². The van der Waals surface area contributed by atoms with Gasteiger partial charge in [-0.2, -0.15) is 0 Å². The van der Waals surface area contributed by atoms with Crippen LogP contribution < -0.4 is 0 Å². The number of carboxylic acid groups (broad SMARTS) is 1. The molecule has 0 bridgehead atoms. The second kappa shape index (κ2) is 5.89. The molecule has 0 rings (SSSR count). The van der Waals surface area contributed by atoms with Gasteiger partial charge in [0.05, 0.1) is 0 Å². The normalized spacial score (nSPS) is 11.5. The highest BCUT2D eigenvalue weighted by Crippen LogP contribution is 2.17. The molecule has 0 aromatic rings. The largest absolute Gasteiger partial charge is 0.480 e. The lowest BCUT2D eigenvalue weighted by Gasteiger charge is -2.37. The minimum absolute atomic E-state index is 0.148. The Hall–Kier alpha value is -1.26. The number of likely N-dealkylation sites (N-methyl/N-ethyl adjacent to an activating group) is 1. The van der Waals surface area contributed by atoms with E-state index in [0.29, 0.717) is 0 Å². The maximum absolute atomic E-state index is 12.1. The summed E-state index contributed by atoms with van der Waals surface area (Å²) in [6, 6.07) is -0.111. The Morgan fingerprint density at radius 1 is 1.18 bits per heavy atom. The van der Waals surface area contributed by atoms with Gasteiger partial charge in [0.25, 0.3) is 0 Å². The Kier molecular flexibility index (Phi) is 5.45. The molecule has 0 saturated heterocycles. The average Bonchev–Trinajstić information content (AvgIpc) is 2.28. The van der Waals surface area contributed by atoms with Crippen LogP contribution in [-0.4, -0.2) is 52.6 Å². The van der Waals surface area contributed by atoms with E-state index >= 15 is 0 Å². The number of nitrogens with zero attached hydrogens (tertiary/aromatic N) is 2. The van der Waals surface area contributed by atoms with Gasteiger partial charge in [0, 0.05) is 20.1 Å². The summed E-state index contributed by atoms with van der Waals surface area (Å²) in [5.74, 6) is -1.01. The minimum atomic E-state index is -1.20. The van der Waals surface area contributed by atoms with Crippen LogP contribution in [0, 0.1) is 0 Å². The standard InChI is InChI=1S/C12H24N2O3/c1-7-9(8-2)13(5)11(17)14(6)12(3,4)10(15)16/h9H,7-8H2,1-6H3,(H,15,16). The lowest BCUT2D eigenvalue weighted by atomic mass is 10.0. The molecule has 0 aliphatic rings. The van der Waals surface area contributed by atoms with Gasteiger partial charge in [-0.1, -0.05) is 13.8 Å². The average molecular weight is 244 g/mol. The maximum Gasteiger partial charge on any atom is 0.329 e. The quantitative estimate of drug-likeness (QED) is 0.805. The van der Waals surface area contributed by atoms with E-state index in [-0.39, 0.29) is 12.1 Å². The molecule has 0 aliphatic carbocycles. The Morgan fingerprint density at radius 2 is 1.59 bits per heavy atom. The molecule has 0 radical (unpaired) electrons. The minimum Gasteiger partial charge on any atom is -0.480 e. The zero-order valence-corrected chi connectivity index (χ0v) is 11.6. The molecule has 0 heterocycles. The van der Waals surface area contributed by atoms with E-state index in [0.717, 1.165) is 12.8 Å². The van der Waals surface area contributed by atoms with Gasteiger partial charge >= 0.3 is 12.0 Å². The molecule has 0 aromatic carbocycles. The first-order valence-electron chi connectivity index (χ1n) is 5.94. The molecule has 0 spiro atoms. The third-order valence-electron chi connectivity index (χ3n) is 3.44. The Balaban J connectivity index is 4.87. The van der Waals surface area contributed by atoms with E-state index in [1.165, 1.54) is 25.8 Å². The van der Waals surface area contributed by atoms with Gasteiger partial charge in [0.15, 0.2) is 0 Å². The molecule has 5 heteroatoms. The van der Waals surface area contributed by atoms with Crippen molar-refractivity contribution >= 4 is 12.0 Å². The summed E-state index contributed by atoms with van der Waals surface area (Å²) in [6.07, 6.45) is 1.72. The molecule has 5 nitrogen and oxygen atoms in total. The van der Waals surface area contributed by atoms with Crippen molar-refractivity contribution in [1.82, 2.24) is 9.80 Å². The highest BCUT2D eigenvalue weighted by Gasteiger charge is 2.37. The number of carbonyl (C=O) groups excluding carboxylic acids is 1. The SMILES string of the molecule is CCC(CC)N(C)C(=O)N(C)C(C)(C)C(=O)O. The van der Waals surface area contributed by atoms with Crippen molar-refractivity contribution in [2.75, 3.05) is 14.1 Å². The van der Waals surface area contributed by atoms with Gasteiger partial charge in [-0.15, -0.1) is 0 Å². The number of carbonyl (C=O) groups is 2. The van der Waals surface area contributed by atoms with Gasteiger partial charge in [-0.05, 0) is 26.7 Å². The van der Waals surface area contributed by atoms with Crippen LogP contribution in [0.3, 0.4) is 0 Å². The van der Waals surface area contributed by atoms with Crippen LogP contribution in [0.25, 0.3) is 0 Å². The monoisotopic (exact) mass is 244 g/mol. The first-order valence-corrected chi connectivity index (χ1v) is 5.94. The number of hydrogen-bond acceptors (Lipinski definition) is 2. The Morgan fingerprint density at radius 3 is 1.88 bits per heavy atom. The summed E-state index contributed by atoms with van der Waals surface area (Å²) < 4.78 is 0. The van der Waals surface area contributed by atoms with E-state index in [2.05, 4.69) is 0 Å². The fraction of sp³-hybridized carbons (Fsp3) is 0.833. The van der Waals surface area contributed by atoms with Crippen molar-refractivity contribution in [2.24, 2.45) is 0 Å². The van der Waals surface area contributed by atoms with Crippen molar-refractivity contribution < 1.29 is 14.7 Å². The van der Waals surface area contributed by atoms with Gasteiger partial charge in [-0.25, -0.2) is 9.59 Å². The van der Waals surface area contributed by atoms with Gasteiger partial charge in [0.2, 0.25) is 0 Å². The van der Waals surface area contributed by atoms with Crippen LogP contribution >= 0.6 is 0 Å². The van der Waals surface area contributed by atoms with Gasteiger partial charge in [-0.3, -0.25) is 0 Å². The summed E-state index contributed by atoms with van der Waals surface area (Å²) in [6.45, 7) is 7.07. The second-order valence-corrected chi connectivity index (χ2v) is 4.79. The lowest BCUT2D eigenvalue weighted by molar-refractivity contribution is -0.147. The number of amides is 2. The number of carboxylic acids is 1. The Bertz CT molecular complexity index is 285. The molecule has 0 aliphatic heterocycles. The first-order chi connectivity index (χ1) is 7.69. The molecule has 100 valence electrons. The van der Waals surface area contributed by atoms with Crippen molar-refractivity contribution in [3.8, 4) is 0 Å². The third-order valence-corrected chi connectivity index (χ3v) is 3.44. The van der Waals surface area contributed by atoms with Crippen molar-refractivity contribution in [2.45, 2.75) is 52.1 Å². The van der Waals surface area contributed by atoms with Crippen LogP contribution in [-0.2, 0) is 4.79 Å². The van der Waals surface area contributed by atoms with E-state index in [4.69, 9.17) is 5.11 Å². The molecule has 1 N–H and O–H groups in total. The lowest BCUT2D eigenvalue weighted by Crippen LogP contribution is -2.55. The van der Waals surface area contributed by atoms with Gasteiger partial charge < -0.3 is 14.9 Å². The fourth-order valence-electron chi connectivity index (χ4n) is 1.61. The van der Waals surface area contributed by atoms with Gasteiger partial charge in [0.1, 0.15) is 5.54 Å². The van der Waals surface area contributed by atoms with E-state index in [1.54, 1.807) is 11.9 Å². The van der Waals surface area contributed by atoms with Crippen molar-refractivity contribution in [3.05, 3.63) is 0 Å². The molecule has 0 atom stereocenters. The number of aliphatic carboxylic acids is 1. The predicted octanol–water partition coefficient (Wildman–Crippen LogP) is 2.02. The number of urea groups is 1. The summed E-state index contributed by atoms with van der Waals surface area (Å²) in [5, 5.41) is 9.08. The topological polar surface area (TPSA) is 60.9 Å². The van der Waals surface area contributed by atoms with Crippen LogP contribution in [0.15, 0.2) is 0 Å². The molecule has 2 amide bonds. The van der Waals surface area contributed by atoms with E-state index in [1.807, 2.05) is 13.8 Å². The Labute approximate surface area is 103 Å². The molecule has 0 saturated carbocycles. The van der Waals surface area contributed by atoms with Crippen molar-refractivity contribution in [3.63, 3.8) is 0 Å². The summed E-state index contributed by atoms with van der Waals surface area (Å²) >= 11 is 0. The van der Waals surface area contributed by atoms with Crippen LogP contribution in [0.2, 0.25) is 0 Å².